The highest BCUT2D eigenvalue weighted by molar-refractivity contribution is 7.13. The summed E-state index contributed by atoms with van der Waals surface area (Å²) in [6, 6.07) is 14.2. The molecule has 3 rings (SSSR count). The molecule has 1 aromatic heterocycles. The topological polar surface area (TPSA) is 51.2 Å². The van der Waals surface area contributed by atoms with Crippen LogP contribution in [0.5, 0.6) is 5.75 Å². The van der Waals surface area contributed by atoms with Crippen LogP contribution < -0.4 is 10.1 Å². The second-order valence-electron chi connectivity index (χ2n) is 5.20. The fraction of sp³-hybridized carbons (Fsp3) is 0.111. The number of benzene rings is 2. The third-order valence-corrected chi connectivity index (χ3v) is 5.06. The summed E-state index contributed by atoms with van der Waals surface area (Å²) in [6.07, 6.45) is 0. The van der Waals surface area contributed by atoms with Gasteiger partial charge in [-0.25, -0.2) is 4.98 Å². The highest BCUT2D eigenvalue weighted by Crippen LogP contribution is 2.25. The zero-order valence-electron chi connectivity index (χ0n) is 13.3. The normalized spacial score (nSPS) is 10.5. The largest absolute Gasteiger partial charge is 0.486 e. The van der Waals surface area contributed by atoms with E-state index in [-0.39, 0.29) is 12.5 Å². The first-order chi connectivity index (χ1) is 12.0. The van der Waals surface area contributed by atoms with Gasteiger partial charge in [-0.15, -0.1) is 11.3 Å². The van der Waals surface area contributed by atoms with Crippen molar-refractivity contribution in [1.29, 1.82) is 0 Å². The first-order valence-corrected chi connectivity index (χ1v) is 9.01. The molecule has 0 aliphatic carbocycles. The van der Waals surface area contributed by atoms with Gasteiger partial charge in [0.1, 0.15) is 22.2 Å². The van der Waals surface area contributed by atoms with Gasteiger partial charge in [-0.2, -0.15) is 0 Å². The van der Waals surface area contributed by atoms with Crippen LogP contribution in [-0.4, -0.2) is 10.9 Å². The number of carbonyl (C=O) groups excluding carboxylic acids is 1. The number of hydrogen-bond acceptors (Lipinski definition) is 4. The molecule has 2 aromatic carbocycles. The molecule has 1 N–H and O–H groups in total. The Labute approximate surface area is 159 Å². The van der Waals surface area contributed by atoms with Gasteiger partial charge in [-0.1, -0.05) is 35.3 Å². The second-order valence-corrected chi connectivity index (χ2v) is 7.13. The van der Waals surface area contributed by atoms with Crippen LogP contribution >= 0.6 is 34.5 Å². The Balaban J connectivity index is 1.68. The molecule has 3 aromatic rings. The van der Waals surface area contributed by atoms with Crippen molar-refractivity contribution in [3.8, 4) is 5.75 Å². The highest BCUT2D eigenvalue weighted by Gasteiger charge is 2.16. The number of nitrogens with zero attached hydrogens (tertiary/aromatic N) is 1. The number of ether oxygens (including phenoxy) is 1. The Bertz CT molecular complexity index is 894. The van der Waals surface area contributed by atoms with E-state index in [4.69, 9.17) is 27.9 Å². The van der Waals surface area contributed by atoms with Crippen molar-refractivity contribution in [2.24, 2.45) is 0 Å². The molecular formula is C18H14Cl2N2O2S. The van der Waals surface area contributed by atoms with E-state index in [1.54, 1.807) is 43.3 Å². The van der Waals surface area contributed by atoms with Crippen LogP contribution in [0.4, 0.5) is 5.69 Å². The summed E-state index contributed by atoms with van der Waals surface area (Å²) in [4.78, 5) is 17.4. The minimum atomic E-state index is -0.235. The predicted octanol–water partition coefficient (Wildman–Crippen LogP) is 5.59. The summed E-state index contributed by atoms with van der Waals surface area (Å²) >= 11 is 13.2. The van der Waals surface area contributed by atoms with E-state index in [0.29, 0.717) is 32.1 Å². The highest BCUT2D eigenvalue weighted by atomic mass is 35.5. The number of halogens is 2. The molecule has 128 valence electrons. The maximum Gasteiger partial charge on any atom is 0.267 e. The van der Waals surface area contributed by atoms with Crippen LogP contribution in [0, 0.1) is 6.92 Å². The van der Waals surface area contributed by atoms with Gasteiger partial charge in [0.05, 0.1) is 16.4 Å². The molecule has 0 spiro atoms. The van der Waals surface area contributed by atoms with Crippen LogP contribution in [0.2, 0.25) is 10.0 Å². The molecule has 0 radical (unpaired) electrons. The average Bonchev–Trinajstić information content (AvgIpc) is 2.97. The molecule has 0 aliphatic rings. The minimum Gasteiger partial charge on any atom is -0.486 e. The Morgan fingerprint density at radius 1 is 1.16 bits per heavy atom. The second kappa shape index (κ2) is 7.87. The Morgan fingerprint density at radius 3 is 2.60 bits per heavy atom. The van der Waals surface area contributed by atoms with Crippen molar-refractivity contribution >= 4 is 46.1 Å². The van der Waals surface area contributed by atoms with Crippen LogP contribution in [-0.2, 0) is 6.61 Å². The lowest BCUT2D eigenvalue weighted by Crippen LogP contribution is -2.11. The van der Waals surface area contributed by atoms with Crippen molar-refractivity contribution in [3.05, 3.63) is 74.2 Å². The van der Waals surface area contributed by atoms with Crippen molar-refractivity contribution in [2.45, 2.75) is 13.5 Å². The first-order valence-electron chi connectivity index (χ1n) is 7.43. The Morgan fingerprint density at radius 2 is 1.88 bits per heavy atom. The van der Waals surface area contributed by atoms with Gasteiger partial charge in [0.15, 0.2) is 0 Å². The monoisotopic (exact) mass is 392 g/mol. The van der Waals surface area contributed by atoms with Gasteiger partial charge in [-0.3, -0.25) is 4.79 Å². The number of hydrogen-bond donors (Lipinski definition) is 1. The number of nitrogens with one attached hydrogen (secondary N) is 1. The summed E-state index contributed by atoms with van der Waals surface area (Å²) in [6.45, 7) is 2.08. The van der Waals surface area contributed by atoms with E-state index in [1.165, 1.54) is 11.3 Å². The molecule has 1 heterocycles. The number of amides is 1. The molecule has 0 unspecified atom stereocenters. The Kier molecular flexibility index (Phi) is 5.58. The van der Waals surface area contributed by atoms with Gasteiger partial charge in [0.2, 0.25) is 0 Å². The van der Waals surface area contributed by atoms with Gasteiger partial charge in [0.25, 0.3) is 5.91 Å². The quantitative estimate of drug-likeness (QED) is 0.615. The number of para-hydroxylation sites is 1. The summed E-state index contributed by atoms with van der Waals surface area (Å²) in [5.41, 5.74) is 1.23. The maximum atomic E-state index is 12.5. The molecule has 0 saturated heterocycles. The smallest absolute Gasteiger partial charge is 0.267 e. The average molecular weight is 393 g/mol. The fourth-order valence-electron chi connectivity index (χ4n) is 2.14. The van der Waals surface area contributed by atoms with Gasteiger partial charge >= 0.3 is 0 Å². The molecule has 0 aliphatic heterocycles. The fourth-order valence-corrected chi connectivity index (χ4v) is 3.32. The number of anilines is 1. The van der Waals surface area contributed by atoms with Crippen molar-refractivity contribution in [3.63, 3.8) is 0 Å². The standard InChI is InChI=1S/C18H14Cl2N2O2S/c1-11-17(18(23)22-15-5-3-2-4-14(15)20)25-16(21-11)10-24-13-8-6-12(19)7-9-13/h2-9H,10H2,1H3,(H,22,23). The minimum absolute atomic E-state index is 0.235. The summed E-state index contributed by atoms with van der Waals surface area (Å²) in [5, 5.41) is 4.66. The van der Waals surface area contributed by atoms with Crippen molar-refractivity contribution in [2.75, 3.05) is 5.32 Å². The number of thiazole rings is 1. The lowest BCUT2D eigenvalue weighted by molar-refractivity contribution is 0.103. The molecule has 7 heteroatoms. The van der Waals surface area contributed by atoms with Crippen LogP contribution in [0.15, 0.2) is 48.5 Å². The SMILES string of the molecule is Cc1nc(COc2ccc(Cl)cc2)sc1C(=O)Nc1ccccc1Cl. The molecule has 0 fully saturated rings. The van der Waals surface area contributed by atoms with Crippen LogP contribution in [0.3, 0.4) is 0 Å². The van der Waals surface area contributed by atoms with Gasteiger partial charge in [-0.05, 0) is 43.3 Å². The molecule has 0 bridgehead atoms. The maximum absolute atomic E-state index is 12.5. The summed E-state index contributed by atoms with van der Waals surface area (Å²) in [7, 11) is 0. The van der Waals surface area contributed by atoms with Crippen LogP contribution in [0.1, 0.15) is 20.4 Å². The van der Waals surface area contributed by atoms with Crippen molar-refractivity contribution in [1.82, 2.24) is 4.98 Å². The van der Waals surface area contributed by atoms with E-state index in [9.17, 15) is 4.79 Å². The zero-order chi connectivity index (χ0) is 17.8. The summed E-state index contributed by atoms with van der Waals surface area (Å²) < 4.78 is 5.67. The Hall–Kier alpha value is -2.08. The van der Waals surface area contributed by atoms with E-state index < -0.39 is 0 Å². The first kappa shape index (κ1) is 17.7. The number of aromatic nitrogens is 1. The van der Waals surface area contributed by atoms with E-state index in [0.717, 1.165) is 5.01 Å². The number of carbonyl (C=O) groups is 1. The lowest BCUT2D eigenvalue weighted by atomic mass is 10.3. The predicted molar refractivity (Wildman–Crippen MR) is 102 cm³/mol. The van der Waals surface area contributed by atoms with Gasteiger partial charge in [0, 0.05) is 5.02 Å². The van der Waals surface area contributed by atoms with Gasteiger partial charge < -0.3 is 10.1 Å². The van der Waals surface area contributed by atoms with E-state index in [1.807, 2.05) is 12.1 Å². The molecule has 0 atom stereocenters. The van der Waals surface area contributed by atoms with Crippen LogP contribution in [0.25, 0.3) is 0 Å². The van der Waals surface area contributed by atoms with E-state index in [2.05, 4.69) is 10.3 Å². The number of aryl methyl sites for hydroxylation is 1. The number of rotatable bonds is 5. The molecule has 1 amide bonds. The van der Waals surface area contributed by atoms with Crippen molar-refractivity contribution < 1.29 is 9.53 Å². The third-order valence-electron chi connectivity index (χ3n) is 3.35. The lowest BCUT2D eigenvalue weighted by Gasteiger charge is -2.05. The molecular weight excluding hydrogens is 379 g/mol. The molecule has 0 saturated carbocycles. The molecule has 4 nitrogen and oxygen atoms in total. The van der Waals surface area contributed by atoms with E-state index >= 15 is 0 Å². The summed E-state index contributed by atoms with van der Waals surface area (Å²) in [5.74, 6) is 0.458. The molecule has 25 heavy (non-hydrogen) atoms. The third kappa shape index (κ3) is 4.51. The zero-order valence-corrected chi connectivity index (χ0v) is 15.6.